The monoisotopic (exact) mass is 229 g/mol. The summed E-state index contributed by atoms with van der Waals surface area (Å²) in [5, 5.41) is 3.03. The Kier molecular flexibility index (Phi) is 3.27. The third-order valence-corrected chi connectivity index (χ3v) is 2.39. The molecule has 17 heavy (non-hydrogen) atoms. The second-order valence-electron chi connectivity index (χ2n) is 4.00. The standard InChI is InChI=1S/C12H15N5/c1-8(2)9-6-11(13-3)17-12(16-9)10-7-14-4-5-15-10/h4-8H,1-3H3,(H,13,16,17). The molecule has 0 aromatic carbocycles. The molecule has 0 bridgehead atoms. The summed E-state index contributed by atoms with van der Waals surface area (Å²) < 4.78 is 0. The van der Waals surface area contributed by atoms with Crippen LogP contribution in [0.4, 0.5) is 5.82 Å². The lowest BCUT2D eigenvalue weighted by atomic mass is 10.1. The average molecular weight is 229 g/mol. The Morgan fingerprint density at radius 1 is 1.18 bits per heavy atom. The molecule has 2 heterocycles. The van der Waals surface area contributed by atoms with Crippen molar-refractivity contribution in [1.82, 2.24) is 19.9 Å². The zero-order valence-electron chi connectivity index (χ0n) is 10.2. The number of rotatable bonds is 3. The first kappa shape index (κ1) is 11.4. The Labute approximate surface area is 100 Å². The molecule has 5 heteroatoms. The zero-order valence-corrected chi connectivity index (χ0v) is 10.2. The summed E-state index contributed by atoms with van der Waals surface area (Å²) in [5.41, 5.74) is 1.68. The van der Waals surface area contributed by atoms with Crippen molar-refractivity contribution in [3.05, 3.63) is 30.4 Å². The van der Waals surface area contributed by atoms with E-state index in [0.717, 1.165) is 11.5 Å². The topological polar surface area (TPSA) is 63.6 Å². The molecule has 2 aromatic heterocycles. The molecule has 0 radical (unpaired) electrons. The van der Waals surface area contributed by atoms with Gasteiger partial charge < -0.3 is 5.32 Å². The van der Waals surface area contributed by atoms with Crippen LogP contribution in [0.25, 0.3) is 11.5 Å². The minimum absolute atomic E-state index is 0.348. The third kappa shape index (κ3) is 2.55. The van der Waals surface area contributed by atoms with E-state index in [1.165, 1.54) is 0 Å². The molecule has 0 aliphatic rings. The highest BCUT2D eigenvalue weighted by Gasteiger charge is 2.09. The van der Waals surface area contributed by atoms with E-state index in [9.17, 15) is 0 Å². The highest BCUT2D eigenvalue weighted by atomic mass is 15.0. The van der Waals surface area contributed by atoms with E-state index >= 15 is 0 Å². The Balaban J connectivity index is 2.50. The third-order valence-electron chi connectivity index (χ3n) is 2.39. The van der Waals surface area contributed by atoms with Crippen LogP contribution in [0, 0.1) is 0 Å². The average Bonchev–Trinajstić information content (AvgIpc) is 2.39. The van der Waals surface area contributed by atoms with Crippen molar-refractivity contribution in [2.24, 2.45) is 0 Å². The maximum atomic E-state index is 4.50. The fourth-order valence-corrected chi connectivity index (χ4v) is 1.42. The van der Waals surface area contributed by atoms with E-state index < -0.39 is 0 Å². The van der Waals surface area contributed by atoms with Crippen molar-refractivity contribution >= 4 is 5.82 Å². The fraction of sp³-hybridized carbons (Fsp3) is 0.333. The van der Waals surface area contributed by atoms with Crippen molar-refractivity contribution < 1.29 is 0 Å². The molecule has 2 aromatic rings. The van der Waals surface area contributed by atoms with Crippen molar-refractivity contribution in [3.8, 4) is 11.5 Å². The summed E-state index contributed by atoms with van der Waals surface area (Å²) in [4.78, 5) is 17.1. The van der Waals surface area contributed by atoms with E-state index in [1.54, 1.807) is 18.6 Å². The van der Waals surface area contributed by atoms with Crippen LogP contribution in [0.15, 0.2) is 24.7 Å². The molecule has 5 nitrogen and oxygen atoms in total. The quantitative estimate of drug-likeness (QED) is 0.873. The number of nitrogens with one attached hydrogen (secondary N) is 1. The number of hydrogen-bond donors (Lipinski definition) is 1. The van der Waals surface area contributed by atoms with Gasteiger partial charge in [-0.25, -0.2) is 15.0 Å². The van der Waals surface area contributed by atoms with Crippen LogP contribution in [0.2, 0.25) is 0 Å². The molecule has 0 spiro atoms. The Morgan fingerprint density at radius 2 is 2.00 bits per heavy atom. The number of aromatic nitrogens is 4. The lowest BCUT2D eigenvalue weighted by Gasteiger charge is -2.09. The number of anilines is 1. The van der Waals surface area contributed by atoms with Gasteiger partial charge in [0.2, 0.25) is 0 Å². The largest absolute Gasteiger partial charge is 0.373 e. The molecule has 0 saturated heterocycles. The zero-order chi connectivity index (χ0) is 12.3. The molecular weight excluding hydrogens is 214 g/mol. The predicted octanol–water partition coefficient (Wildman–Crippen LogP) is 2.10. The molecule has 0 amide bonds. The van der Waals surface area contributed by atoms with E-state index in [-0.39, 0.29) is 0 Å². The van der Waals surface area contributed by atoms with Gasteiger partial charge in [0, 0.05) is 31.2 Å². The lowest BCUT2D eigenvalue weighted by molar-refractivity contribution is 0.816. The van der Waals surface area contributed by atoms with Crippen molar-refractivity contribution in [3.63, 3.8) is 0 Å². The van der Waals surface area contributed by atoms with Gasteiger partial charge in [0.1, 0.15) is 11.5 Å². The van der Waals surface area contributed by atoms with Gasteiger partial charge in [-0.15, -0.1) is 0 Å². The van der Waals surface area contributed by atoms with E-state index in [4.69, 9.17) is 0 Å². The molecule has 2 rings (SSSR count). The van der Waals surface area contributed by atoms with Crippen LogP contribution < -0.4 is 5.32 Å². The summed E-state index contributed by atoms with van der Waals surface area (Å²) >= 11 is 0. The highest BCUT2D eigenvalue weighted by Crippen LogP contribution is 2.19. The number of hydrogen-bond acceptors (Lipinski definition) is 5. The van der Waals surface area contributed by atoms with Crippen LogP contribution >= 0.6 is 0 Å². The van der Waals surface area contributed by atoms with Gasteiger partial charge in [-0.05, 0) is 5.92 Å². The summed E-state index contributed by atoms with van der Waals surface area (Å²) in [6.45, 7) is 4.20. The second-order valence-corrected chi connectivity index (χ2v) is 4.00. The smallest absolute Gasteiger partial charge is 0.182 e. The molecule has 0 unspecified atom stereocenters. The van der Waals surface area contributed by atoms with E-state index in [0.29, 0.717) is 17.4 Å². The first-order chi connectivity index (χ1) is 8.20. The summed E-state index contributed by atoms with van der Waals surface area (Å²) in [6.07, 6.45) is 4.94. The Bertz CT molecular complexity index is 496. The maximum Gasteiger partial charge on any atom is 0.182 e. The Hall–Kier alpha value is -2.04. The minimum atomic E-state index is 0.348. The Morgan fingerprint density at radius 3 is 2.59 bits per heavy atom. The summed E-state index contributed by atoms with van der Waals surface area (Å²) in [7, 11) is 1.84. The molecule has 0 fully saturated rings. The summed E-state index contributed by atoms with van der Waals surface area (Å²) in [6, 6.07) is 1.95. The molecule has 0 atom stereocenters. The first-order valence-electron chi connectivity index (χ1n) is 5.54. The van der Waals surface area contributed by atoms with Gasteiger partial charge in [-0.3, -0.25) is 4.98 Å². The van der Waals surface area contributed by atoms with Crippen molar-refractivity contribution in [2.75, 3.05) is 12.4 Å². The molecular formula is C12H15N5. The maximum absolute atomic E-state index is 4.50. The van der Waals surface area contributed by atoms with Gasteiger partial charge >= 0.3 is 0 Å². The molecule has 0 aliphatic heterocycles. The van der Waals surface area contributed by atoms with Gasteiger partial charge in [0.15, 0.2) is 5.82 Å². The predicted molar refractivity (Wildman–Crippen MR) is 66.7 cm³/mol. The van der Waals surface area contributed by atoms with Gasteiger partial charge in [0.25, 0.3) is 0 Å². The van der Waals surface area contributed by atoms with Gasteiger partial charge in [-0.2, -0.15) is 0 Å². The van der Waals surface area contributed by atoms with Gasteiger partial charge in [0.05, 0.1) is 6.20 Å². The SMILES string of the molecule is CNc1cc(C(C)C)nc(-c2cnccn2)n1. The van der Waals surface area contributed by atoms with Crippen LogP contribution in [0.5, 0.6) is 0 Å². The minimum Gasteiger partial charge on any atom is -0.373 e. The normalized spacial score (nSPS) is 10.6. The second kappa shape index (κ2) is 4.86. The fourth-order valence-electron chi connectivity index (χ4n) is 1.42. The summed E-state index contributed by atoms with van der Waals surface area (Å²) in [5.74, 6) is 1.75. The van der Waals surface area contributed by atoms with Crippen LogP contribution in [0.1, 0.15) is 25.5 Å². The molecule has 0 aliphatic carbocycles. The van der Waals surface area contributed by atoms with Crippen LogP contribution in [0.3, 0.4) is 0 Å². The van der Waals surface area contributed by atoms with E-state index in [2.05, 4.69) is 39.1 Å². The number of nitrogens with zero attached hydrogens (tertiary/aromatic N) is 4. The van der Waals surface area contributed by atoms with E-state index in [1.807, 2.05) is 13.1 Å². The van der Waals surface area contributed by atoms with Crippen LogP contribution in [-0.4, -0.2) is 27.0 Å². The van der Waals surface area contributed by atoms with Crippen LogP contribution in [-0.2, 0) is 0 Å². The highest BCUT2D eigenvalue weighted by molar-refractivity contribution is 5.51. The molecule has 1 N–H and O–H groups in total. The molecule has 0 saturated carbocycles. The van der Waals surface area contributed by atoms with Crippen molar-refractivity contribution in [1.29, 1.82) is 0 Å². The first-order valence-corrected chi connectivity index (χ1v) is 5.54. The lowest BCUT2D eigenvalue weighted by Crippen LogP contribution is -2.03. The molecule has 88 valence electrons. The van der Waals surface area contributed by atoms with Gasteiger partial charge in [-0.1, -0.05) is 13.8 Å². The van der Waals surface area contributed by atoms with Crippen molar-refractivity contribution in [2.45, 2.75) is 19.8 Å².